The minimum absolute atomic E-state index is 0.0585. The number of hydrogen-bond donors (Lipinski definition) is 2. The standard InChI is InChI=1S/C12H11N3O3S/c1-7-9(19-12(14-7)18-11(13)17)10(16)15-8-5-3-2-4-6-8/h2-6H,1H3,(H2,13,17)(H,15,16). The molecule has 98 valence electrons. The third-order valence-electron chi connectivity index (χ3n) is 2.20. The molecule has 1 heterocycles. The van der Waals surface area contributed by atoms with Gasteiger partial charge < -0.3 is 15.8 Å². The summed E-state index contributed by atoms with van der Waals surface area (Å²) in [5.41, 5.74) is 6.05. The van der Waals surface area contributed by atoms with Gasteiger partial charge in [-0.05, 0) is 19.1 Å². The van der Waals surface area contributed by atoms with E-state index in [1.165, 1.54) is 0 Å². The molecule has 1 aromatic carbocycles. The minimum Gasteiger partial charge on any atom is -0.381 e. The average molecular weight is 277 g/mol. The van der Waals surface area contributed by atoms with Crippen molar-refractivity contribution < 1.29 is 14.3 Å². The molecule has 19 heavy (non-hydrogen) atoms. The van der Waals surface area contributed by atoms with Gasteiger partial charge in [0.25, 0.3) is 11.1 Å². The summed E-state index contributed by atoms with van der Waals surface area (Å²) in [7, 11) is 0. The maximum atomic E-state index is 12.0. The first kappa shape index (κ1) is 13.0. The molecule has 7 heteroatoms. The number of carbonyl (C=O) groups excluding carboxylic acids is 2. The van der Waals surface area contributed by atoms with Crippen molar-refractivity contribution >= 4 is 29.0 Å². The fourth-order valence-electron chi connectivity index (χ4n) is 1.42. The third kappa shape index (κ3) is 3.29. The highest BCUT2D eigenvalue weighted by molar-refractivity contribution is 7.15. The molecule has 3 N–H and O–H groups in total. The Hall–Kier alpha value is -2.41. The predicted molar refractivity (Wildman–Crippen MR) is 71.5 cm³/mol. The van der Waals surface area contributed by atoms with Crippen LogP contribution in [0.5, 0.6) is 5.19 Å². The number of anilines is 1. The second-order valence-corrected chi connectivity index (χ2v) is 4.60. The lowest BCUT2D eigenvalue weighted by molar-refractivity contribution is 0.102. The molecule has 0 saturated heterocycles. The van der Waals surface area contributed by atoms with E-state index in [0.29, 0.717) is 16.3 Å². The lowest BCUT2D eigenvalue weighted by atomic mass is 10.3. The zero-order valence-electron chi connectivity index (χ0n) is 10.0. The van der Waals surface area contributed by atoms with Crippen molar-refractivity contribution in [3.05, 3.63) is 40.9 Å². The lowest BCUT2D eigenvalue weighted by Gasteiger charge is -2.02. The lowest BCUT2D eigenvalue weighted by Crippen LogP contribution is -2.15. The van der Waals surface area contributed by atoms with E-state index in [4.69, 9.17) is 5.73 Å². The van der Waals surface area contributed by atoms with Crippen molar-refractivity contribution in [3.8, 4) is 5.19 Å². The Balaban J connectivity index is 2.15. The van der Waals surface area contributed by atoms with Gasteiger partial charge in [0.1, 0.15) is 4.88 Å². The van der Waals surface area contributed by atoms with Crippen molar-refractivity contribution in [2.75, 3.05) is 5.32 Å². The highest BCUT2D eigenvalue weighted by Crippen LogP contribution is 2.25. The Morgan fingerprint density at radius 2 is 2.00 bits per heavy atom. The molecule has 0 spiro atoms. The number of para-hydroxylation sites is 1. The van der Waals surface area contributed by atoms with Crippen LogP contribution in [0.4, 0.5) is 10.5 Å². The van der Waals surface area contributed by atoms with Crippen LogP contribution in [-0.2, 0) is 0 Å². The molecule has 1 aromatic heterocycles. The summed E-state index contributed by atoms with van der Waals surface area (Å²) in [6.07, 6.45) is -0.955. The number of carbonyl (C=O) groups is 2. The van der Waals surface area contributed by atoms with E-state index < -0.39 is 6.09 Å². The Bertz CT molecular complexity index is 610. The number of nitrogens with two attached hydrogens (primary N) is 1. The number of nitrogens with zero attached hydrogens (tertiary/aromatic N) is 1. The number of primary amides is 1. The molecule has 0 aliphatic carbocycles. The number of thiazole rings is 1. The third-order valence-corrected chi connectivity index (χ3v) is 3.24. The van der Waals surface area contributed by atoms with Crippen LogP contribution in [0.1, 0.15) is 15.4 Å². The summed E-state index contributed by atoms with van der Waals surface area (Å²) in [5.74, 6) is -0.305. The largest absolute Gasteiger partial charge is 0.411 e. The zero-order chi connectivity index (χ0) is 13.8. The van der Waals surface area contributed by atoms with Gasteiger partial charge in [0, 0.05) is 5.69 Å². The molecule has 0 bridgehead atoms. The second-order valence-electron chi connectivity index (χ2n) is 3.64. The van der Waals surface area contributed by atoms with E-state index in [0.717, 1.165) is 11.3 Å². The monoisotopic (exact) mass is 277 g/mol. The van der Waals surface area contributed by atoms with E-state index in [1.54, 1.807) is 19.1 Å². The molecule has 0 fully saturated rings. The van der Waals surface area contributed by atoms with Crippen LogP contribution in [0.2, 0.25) is 0 Å². The van der Waals surface area contributed by atoms with Crippen molar-refractivity contribution in [1.29, 1.82) is 0 Å². The van der Waals surface area contributed by atoms with Gasteiger partial charge >= 0.3 is 6.09 Å². The fourth-order valence-corrected chi connectivity index (χ4v) is 2.24. The quantitative estimate of drug-likeness (QED) is 0.898. The number of hydrogen-bond acceptors (Lipinski definition) is 5. The van der Waals surface area contributed by atoms with E-state index in [1.807, 2.05) is 18.2 Å². The summed E-state index contributed by atoms with van der Waals surface area (Å²) in [5, 5.41) is 2.78. The number of rotatable bonds is 3. The van der Waals surface area contributed by atoms with Crippen LogP contribution in [0, 0.1) is 6.92 Å². The summed E-state index contributed by atoms with van der Waals surface area (Å²) in [4.78, 5) is 27.0. The van der Waals surface area contributed by atoms with Crippen LogP contribution in [-0.4, -0.2) is 17.0 Å². The highest BCUT2D eigenvalue weighted by atomic mass is 32.1. The topological polar surface area (TPSA) is 94.3 Å². The molecule has 2 aromatic rings. The Kier molecular flexibility index (Phi) is 3.76. The van der Waals surface area contributed by atoms with Gasteiger partial charge in [0.05, 0.1) is 5.69 Å². The van der Waals surface area contributed by atoms with Gasteiger partial charge in [0.2, 0.25) is 0 Å². The smallest absolute Gasteiger partial charge is 0.381 e. The molecule has 0 atom stereocenters. The molecule has 2 amide bonds. The fraction of sp³-hybridized carbons (Fsp3) is 0.0833. The van der Waals surface area contributed by atoms with Crippen molar-refractivity contribution in [2.24, 2.45) is 5.73 Å². The minimum atomic E-state index is -0.955. The second kappa shape index (κ2) is 5.49. The van der Waals surface area contributed by atoms with Crippen molar-refractivity contribution in [3.63, 3.8) is 0 Å². The first-order valence-corrected chi connectivity index (χ1v) is 6.19. The molecular formula is C12H11N3O3S. The SMILES string of the molecule is Cc1nc(OC(N)=O)sc1C(=O)Nc1ccccc1. The predicted octanol–water partition coefficient (Wildman–Crippen LogP) is 2.16. The summed E-state index contributed by atoms with van der Waals surface area (Å²) >= 11 is 0.969. The normalized spacial score (nSPS) is 9.95. The number of nitrogens with one attached hydrogen (secondary N) is 1. The molecule has 2 rings (SSSR count). The van der Waals surface area contributed by atoms with Crippen molar-refractivity contribution in [2.45, 2.75) is 6.92 Å². The van der Waals surface area contributed by atoms with Gasteiger partial charge in [-0.3, -0.25) is 4.79 Å². The number of benzene rings is 1. The molecule has 0 saturated carbocycles. The Morgan fingerprint density at radius 3 is 2.63 bits per heavy atom. The Labute approximate surface area is 113 Å². The number of aryl methyl sites for hydroxylation is 1. The zero-order valence-corrected chi connectivity index (χ0v) is 10.9. The van der Waals surface area contributed by atoms with Gasteiger partial charge in [-0.1, -0.05) is 29.5 Å². The van der Waals surface area contributed by atoms with Gasteiger partial charge in [-0.15, -0.1) is 0 Å². The molecule has 0 aliphatic heterocycles. The molecule has 0 unspecified atom stereocenters. The van der Waals surface area contributed by atoms with Gasteiger partial charge in [-0.2, -0.15) is 0 Å². The van der Waals surface area contributed by atoms with Gasteiger partial charge in [0.15, 0.2) is 0 Å². The number of ether oxygens (including phenoxy) is 1. The maximum Gasteiger partial charge on any atom is 0.411 e. The van der Waals surface area contributed by atoms with Crippen LogP contribution >= 0.6 is 11.3 Å². The van der Waals surface area contributed by atoms with E-state index in [9.17, 15) is 9.59 Å². The van der Waals surface area contributed by atoms with Gasteiger partial charge in [-0.25, -0.2) is 9.78 Å². The van der Waals surface area contributed by atoms with Crippen LogP contribution < -0.4 is 15.8 Å². The van der Waals surface area contributed by atoms with E-state index in [2.05, 4.69) is 15.0 Å². The first-order valence-electron chi connectivity index (χ1n) is 5.37. The number of amides is 2. The Morgan fingerprint density at radius 1 is 1.32 bits per heavy atom. The number of aromatic nitrogens is 1. The highest BCUT2D eigenvalue weighted by Gasteiger charge is 2.17. The van der Waals surface area contributed by atoms with E-state index in [-0.39, 0.29) is 11.1 Å². The molecule has 0 aliphatic rings. The molecule has 0 radical (unpaired) electrons. The summed E-state index contributed by atoms with van der Waals surface area (Å²) in [6.45, 7) is 1.66. The molecule has 6 nitrogen and oxygen atoms in total. The summed E-state index contributed by atoms with van der Waals surface area (Å²) in [6, 6.07) is 9.03. The molecular weight excluding hydrogens is 266 g/mol. The first-order chi connectivity index (χ1) is 9.06. The van der Waals surface area contributed by atoms with Crippen LogP contribution in [0.15, 0.2) is 30.3 Å². The summed E-state index contributed by atoms with van der Waals surface area (Å²) < 4.78 is 4.64. The maximum absolute atomic E-state index is 12.0. The van der Waals surface area contributed by atoms with Crippen LogP contribution in [0.3, 0.4) is 0 Å². The average Bonchev–Trinajstić information content (AvgIpc) is 2.70. The van der Waals surface area contributed by atoms with E-state index >= 15 is 0 Å². The van der Waals surface area contributed by atoms with Crippen LogP contribution in [0.25, 0.3) is 0 Å². The van der Waals surface area contributed by atoms with Crippen molar-refractivity contribution in [1.82, 2.24) is 4.98 Å².